The molecule has 0 saturated heterocycles. The molecule has 0 fully saturated rings. The third-order valence-electron chi connectivity index (χ3n) is 4.56. The van der Waals surface area contributed by atoms with E-state index in [0.717, 1.165) is 17.7 Å². The summed E-state index contributed by atoms with van der Waals surface area (Å²) in [5.41, 5.74) is 2.47. The van der Waals surface area contributed by atoms with E-state index in [1.54, 1.807) is 0 Å². The van der Waals surface area contributed by atoms with Crippen LogP contribution in [-0.2, 0) is 20.4 Å². The number of esters is 1. The normalized spacial score (nSPS) is 13.6. The van der Waals surface area contributed by atoms with Crippen molar-refractivity contribution >= 4 is 5.97 Å². The Bertz CT molecular complexity index is 538. The molecule has 1 unspecified atom stereocenters. The highest BCUT2D eigenvalue weighted by Gasteiger charge is 2.28. The van der Waals surface area contributed by atoms with Crippen LogP contribution in [0.3, 0.4) is 0 Å². The summed E-state index contributed by atoms with van der Waals surface area (Å²) in [4.78, 5) is 11.9. The first-order valence-electron chi connectivity index (χ1n) is 8.46. The largest absolute Gasteiger partial charge is 0.478 e. The Kier molecular flexibility index (Phi) is 6.26. The molecule has 1 atom stereocenters. The minimum absolute atomic E-state index is 0.0228. The molecule has 0 aliphatic heterocycles. The quantitative estimate of drug-likeness (QED) is 0.692. The molecule has 0 bridgehead atoms. The second kappa shape index (κ2) is 7.37. The summed E-state index contributed by atoms with van der Waals surface area (Å²) >= 11 is 0. The maximum atomic E-state index is 11.9. The summed E-state index contributed by atoms with van der Waals surface area (Å²) in [6.07, 6.45) is 1.01. The SMILES string of the molecule is CCC(Oc1ccc(C(C)(C)C)cc1C(C)(C)CC)C(=O)OC. The van der Waals surface area contributed by atoms with Crippen molar-refractivity contribution in [3.63, 3.8) is 0 Å². The molecular formula is C20H32O3. The van der Waals surface area contributed by atoms with Gasteiger partial charge in [-0.1, -0.05) is 60.6 Å². The molecule has 0 amide bonds. The molecule has 3 nitrogen and oxygen atoms in total. The number of benzene rings is 1. The molecule has 130 valence electrons. The third-order valence-corrected chi connectivity index (χ3v) is 4.56. The van der Waals surface area contributed by atoms with Gasteiger partial charge in [0, 0.05) is 5.56 Å². The van der Waals surface area contributed by atoms with Gasteiger partial charge in [0.1, 0.15) is 5.75 Å². The number of carbonyl (C=O) groups excluding carboxylic acids is 1. The highest BCUT2D eigenvalue weighted by Crippen LogP contribution is 2.38. The Morgan fingerprint density at radius 3 is 2.17 bits per heavy atom. The van der Waals surface area contributed by atoms with Gasteiger partial charge in [-0.2, -0.15) is 0 Å². The average Bonchev–Trinajstić information content (AvgIpc) is 2.50. The molecule has 0 heterocycles. The maximum absolute atomic E-state index is 11.9. The van der Waals surface area contributed by atoms with E-state index in [9.17, 15) is 4.79 Å². The van der Waals surface area contributed by atoms with Crippen molar-refractivity contribution in [2.75, 3.05) is 7.11 Å². The van der Waals surface area contributed by atoms with Gasteiger partial charge in [0.2, 0.25) is 0 Å². The maximum Gasteiger partial charge on any atom is 0.347 e. The molecule has 0 spiro atoms. The molecule has 1 aromatic carbocycles. The summed E-state index contributed by atoms with van der Waals surface area (Å²) in [5.74, 6) is 0.453. The first kappa shape index (κ1) is 19.5. The Hall–Kier alpha value is -1.51. The predicted molar refractivity (Wildman–Crippen MR) is 95.2 cm³/mol. The molecule has 0 radical (unpaired) electrons. The van der Waals surface area contributed by atoms with Gasteiger partial charge < -0.3 is 9.47 Å². The third kappa shape index (κ3) is 4.73. The monoisotopic (exact) mass is 320 g/mol. The lowest BCUT2D eigenvalue weighted by atomic mass is 9.78. The molecule has 0 saturated carbocycles. The van der Waals surface area contributed by atoms with Gasteiger partial charge in [-0.25, -0.2) is 4.79 Å². The number of ether oxygens (including phenoxy) is 2. The van der Waals surface area contributed by atoms with E-state index in [4.69, 9.17) is 9.47 Å². The van der Waals surface area contributed by atoms with Crippen molar-refractivity contribution in [1.82, 2.24) is 0 Å². The number of rotatable bonds is 6. The number of hydrogen-bond acceptors (Lipinski definition) is 3. The van der Waals surface area contributed by atoms with Crippen molar-refractivity contribution in [2.24, 2.45) is 0 Å². The van der Waals surface area contributed by atoms with Crippen LogP contribution in [0.4, 0.5) is 0 Å². The fraction of sp³-hybridized carbons (Fsp3) is 0.650. The molecule has 0 N–H and O–H groups in total. The Balaban J connectivity index is 3.33. The standard InChI is InChI=1S/C20H32O3/c1-9-16(18(21)22-8)23-17-12-11-14(19(3,4)5)13-15(17)20(6,7)10-2/h11-13,16H,9-10H2,1-8H3. The van der Waals surface area contributed by atoms with Crippen LogP contribution < -0.4 is 4.74 Å². The van der Waals surface area contributed by atoms with Crippen LogP contribution in [0.1, 0.15) is 72.4 Å². The van der Waals surface area contributed by atoms with Crippen LogP contribution in [0.25, 0.3) is 0 Å². The van der Waals surface area contributed by atoms with E-state index in [-0.39, 0.29) is 16.8 Å². The van der Waals surface area contributed by atoms with Gasteiger partial charge >= 0.3 is 5.97 Å². The van der Waals surface area contributed by atoms with E-state index < -0.39 is 6.10 Å². The zero-order valence-electron chi connectivity index (χ0n) is 15.9. The summed E-state index contributed by atoms with van der Waals surface area (Å²) in [5, 5.41) is 0. The van der Waals surface area contributed by atoms with Gasteiger partial charge in [-0.15, -0.1) is 0 Å². The van der Waals surface area contributed by atoms with Crippen LogP contribution in [0.2, 0.25) is 0 Å². The molecule has 0 aliphatic rings. The van der Waals surface area contributed by atoms with Gasteiger partial charge in [-0.05, 0) is 35.3 Å². The fourth-order valence-corrected chi connectivity index (χ4v) is 2.40. The Morgan fingerprint density at radius 2 is 1.74 bits per heavy atom. The topological polar surface area (TPSA) is 35.5 Å². The molecule has 3 heteroatoms. The van der Waals surface area contributed by atoms with Gasteiger partial charge in [0.15, 0.2) is 6.10 Å². The van der Waals surface area contributed by atoms with E-state index in [0.29, 0.717) is 6.42 Å². The fourth-order valence-electron chi connectivity index (χ4n) is 2.40. The van der Waals surface area contributed by atoms with Crippen LogP contribution in [0.5, 0.6) is 5.75 Å². The van der Waals surface area contributed by atoms with Crippen molar-refractivity contribution in [1.29, 1.82) is 0 Å². The lowest BCUT2D eigenvalue weighted by Crippen LogP contribution is -2.29. The minimum Gasteiger partial charge on any atom is -0.478 e. The smallest absolute Gasteiger partial charge is 0.347 e. The van der Waals surface area contributed by atoms with E-state index in [1.165, 1.54) is 12.7 Å². The average molecular weight is 320 g/mol. The van der Waals surface area contributed by atoms with E-state index in [1.807, 2.05) is 13.0 Å². The van der Waals surface area contributed by atoms with E-state index in [2.05, 4.69) is 53.7 Å². The van der Waals surface area contributed by atoms with Crippen LogP contribution >= 0.6 is 0 Å². The van der Waals surface area contributed by atoms with Crippen molar-refractivity contribution < 1.29 is 14.3 Å². The van der Waals surface area contributed by atoms with E-state index >= 15 is 0 Å². The first-order valence-corrected chi connectivity index (χ1v) is 8.46. The summed E-state index contributed by atoms with van der Waals surface area (Å²) in [7, 11) is 1.40. The van der Waals surface area contributed by atoms with Crippen molar-refractivity contribution in [3.8, 4) is 5.75 Å². The number of carbonyl (C=O) groups is 1. The number of hydrogen-bond donors (Lipinski definition) is 0. The highest BCUT2D eigenvalue weighted by atomic mass is 16.6. The zero-order chi connectivity index (χ0) is 17.8. The lowest BCUT2D eigenvalue weighted by Gasteiger charge is -2.30. The van der Waals surface area contributed by atoms with Crippen LogP contribution in [-0.4, -0.2) is 19.2 Å². The Morgan fingerprint density at radius 1 is 1.13 bits per heavy atom. The second-order valence-electron chi connectivity index (χ2n) is 7.74. The molecular weight excluding hydrogens is 288 g/mol. The summed E-state index contributed by atoms with van der Waals surface area (Å²) in [6, 6.07) is 6.32. The molecule has 0 aromatic heterocycles. The number of methoxy groups -OCH3 is 1. The minimum atomic E-state index is -0.563. The Labute approximate surface area is 141 Å². The molecule has 1 aromatic rings. The highest BCUT2D eigenvalue weighted by molar-refractivity contribution is 5.75. The zero-order valence-corrected chi connectivity index (χ0v) is 15.9. The predicted octanol–water partition coefficient (Wildman–Crippen LogP) is 5.00. The summed E-state index contributed by atoms with van der Waals surface area (Å²) < 4.78 is 10.9. The second-order valence-corrected chi connectivity index (χ2v) is 7.74. The molecule has 0 aliphatic carbocycles. The molecule has 1 rings (SSSR count). The van der Waals surface area contributed by atoms with Crippen LogP contribution in [0, 0.1) is 0 Å². The summed E-state index contributed by atoms with van der Waals surface area (Å²) in [6.45, 7) is 15.1. The van der Waals surface area contributed by atoms with Crippen molar-refractivity contribution in [2.45, 2.75) is 78.2 Å². The van der Waals surface area contributed by atoms with Gasteiger partial charge in [-0.3, -0.25) is 0 Å². The van der Waals surface area contributed by atoms with Gasteiger partial charge in [0.25, 0.3) is 0 Å². The van der Waals surface area contributed by atoms with Crippen LogP contribution in [0.15, 0.2) is 18.2 Å². The molecule has 23 heavy (non-hydrogen) atoms. The van der Waals surface area contributed by atoms with Crippen molar-refractivity contribution in [3.05, 3.63) is 29.3 Å². The first-order chi connectivity index (χ1) is 10.6. The van der Waals surface area contributed by atoms with Gasteiger partial charge in [0.05, 0.1) is 7.11 Å². The lowest BCUT2D eigenvalue weighted by molar-refractivity contribution is -0.148.